The first-order valence-electron chi connectivity index (χ1n) is 9.01. The second-order valence-corrected chi connectivity index (χ2v) is 7.13. The second kappa shape index (κ2) is 6.50. The van der Waals surface area contributed by atoms with Crippen molar-refractivity contribution in [2.75, 3.05) is 5.32 Å². The van der Waals surface area contributed by atoms with Crippen LogP contribution in [-0.4, -0.2) is 21.5 Å². The number of aromatic nitrogens is 2. The molecular formula is C22H21N3O2. The van der Waals surface area contributed by atoms with Crippen LogP contribution in [0.5, 0.6) is 0 Å². The molecule has 2 aromatic carbocycles. The fraction of sp³-hybridized carbons (Fsp3) is 0.227. The molecular weight excluding hydrogens is 338 g/mol. The second-order valence-electron chi connectivity index (χ2n) is 7.13. The third-order valence-corrected chi connectivity index (χ3v) is 5.00. The lowest BCUT2D eigenvalue weighted by atomic mass is 9.85. The van der Waals surface area contributed by atoms with Crippen molar-refractivity contribution in [2.45, 2.75) is 33.1 Å². The Balaban J connectivity index is 1.82. The molecule has 2 heterocycles. The van der Waals surface area contributed by atoms with Gasteiger partial charge in [0, 0.05) is 17.5 Å². The van der Waals surface area contributed by atoms with Crippen molar-refractivity contribution < 1.29 is 9.59 Å². The molecule has 1 aliphatic heterocycles. The van der Waals surface area contributed by atoms with Crippen LogP contribution in [0.1, 0.15) is 45.1 Å². The summed E-state index contributed by atoms with van der Waals surface area (Å²) in [6, 6.07) is 15.4. The Morgan fingerprint density at radius 1 is 1.07 bits per heavy atom. The fourth-order valence-electron chi connectivity index (χ4n) is 3.64. The molecule has 1 unspecified atom stereocenters. The molecule has 136 valence electrons. The summed E-state index contributed by atoms with van der Waals surface area (Å²) in [6.45, 7) is 5.88. The van der Waals surface area contributed by atoms with Crippen LogP contribution >= 0.6 is 0 Å². The van der Waals surface area contributed by atoms with Gasteiger partial charge in [-0.05, 0) is 38.5 Å². The van der Waals surface area contributed by atoms with Crippen molar-refractivity contribution in [3.05, 3.63) is 76.5 Å². The van der Waals surface area contributed by atoms with Gasteiger partial charge >= 0.3 is 0 Å². The van der Waals surface area contributed by atoms with Gasteiger partial charge in [0.15, 0.2) is 5.78 Å². The zero-order chi connectivity index (χ0) is 19.1. The molecule has 0 fully saturated rings. The van der Waals surface area contributed by atoms with Crippen molar-refractivity contribution in [1.82, 2.24) is 9.78 Å². The number of anilines is 1. The SMILES string of the molecule is Cc1ccc(C(=O)C2CC(=O)Nc3c2c(C)nn3-c2cccc(C)c2)cc1. The molecule has 0 saturated heterocycles. The molecule has 1 atom stereocenters. The number of Topliss-reactive ketones (excluding diaryl/α,β-unsaturated/α-hetero) is 1. The highest BCUT2D eigenvalue weighted by Gasteiger charge is 2.36. The van der Waals surface area contributed by atoms with E-state index in [0.717, 1.165) is 28.1 Å². The fourth-order valence-corrected chi connectivity index (χ4v) is 3.64. The molecule has 27 heavy (non-hydrogen) atoms. The Morgan fingerprint density at radius 2 is 1.81 bits per heavy atom. The van der Waals surface area contributed by atoms with Gasteiger partial charge in [0.2, 0.25) is 5.91 Å². The summed E-state index contributed by atoms with van der Waals surface area (Å²) >= 11 is 0. The van der Waals surface area contributed by atoms with Crippen LogP contribution in [0, 0.1) is 20.8 Å². The number of fused-ring (bicyclic) bond motifs is 1. The number of carbonyl (C=O) groups excluding carboxylic acids is 2. The van der Waals surface area contributed by atoms with Gasteiger partial charge in [-0.3, -0.25) is 9.59 Å². The Morgan fingerprint density at radius 3 is 2.52 bits per heavy atom. The number of aryl methyl sites for hydroxylation is 3. The molecule has 3 aromatic rings. The molecule has 1 amide bonds. The highest BCUT2D eigenvalue weighted by Crippen LogP contribution is 2.38. The molecule has 1 aliphatic rings. The first kappa shape index (κ1) is 17.2. The average Bonchev–Trinajstić information content (AvgIpc) is 2.97. The molecule has 4 rings (SSSR count). The van der Waals surface area contributed by atoms with Gasteiger partial charge in [0.25, 0.3) is 0 Å². The highest BCUT2D eigenvalue weighted by molar-refractivity contribution is 6.08. The summed E-state index contributed by atoms with van der Waals surface area (Å²) in [7, 11) is 0. The molecule has 0 saturated carbocycles. The first-order chi connectivity index (χ1) is 12.9. The van der Waals surface area contributed by atoms with E-state index in [4.69, 9.17) is 0 Å². The smallest absolute Gasteiger partial charge is 0.226 e. The largest absolute Gasteiger partial charge is 0.310 e. The zero-order valence-electron chi connectivity index (χ0n) is 15.6. The van der Waals surface area contributed by atoms with E-state index in [1.54, 1.807) is 4.68 Å². The van der Waals surface area contributed by atoms with Crippen LogP contribution in [0.2, 0.25) is 0 Å². The Kier molecular flexibility index (Phi) is 4.15. The van der Waals surface area contributed by atoms with Crippen molar-refractivity contribution in [1.29, 1.82) is 0 Å². The quantitative estimate of drug-likeness (QED) is 0.716. The number of hydrogen-bond donors (Lipinski definition) is 1. The molecule has 5 nitrogen and oxygen atoms in total. The first-order valence-corrected chi connectivity index (χ1v) is 9.01. The van der Waals surface area contributed by atoms with Gasteiger partial charge in [-0.15, -0.1) is 0 Å². The van der Waals surface area contributed by atoms with Crippen molar-refractivity contribution in [2.24, 2.45) is 0 Å². The summed E-state index contributed by atoms with van der Waals surface area (Å²) in [5.41, 5.74) is 5.25. The molecule has 0 bridgehead atoms. The number of nitrogens with zero attached hydrogens (tertiary/aromatic N) is 2. The van der Waals surface area contributed by atoms with E-state index in [2.05, 4.69) is 10.4 Å². The Labute approximate surface area is 158 Å². The standard InChI is InChI=1S/C22H21N3O2/c1-13-7-9-16(10-8-13)21(27)18-12-19(26)23-22-20(18)15(3)24-25(22)17-6-4-5-14(2)11-17/h4-11,18H,12H2,1-3H3,(H,23,26). The third-order valence-electron chi connectivity index (χ3n) is 5.00. The summed E-state index contributed by atoms with van der Waals surface area (Å²) in [5, 5.41) is 7.55. The third kappa shape index (κ3) is 3.05. The number of rotatable bonds is 3. The van der Waals surface area contributed by atoms with E-state index in [9.17, 15) is 9.59 Å². The normalized spacial score (nSPS) is 16.0. The van der Waals surface area contributed by atoms with Gasteiger partial charge in [-0.25, -0.2) is 4.68 Å². The maximum absolute atomic E-state index is 13.2. The lowest BCUT2D eigenvalue weighted by Crippen LogP contribution is -2.28. The van der Waals surface area contributed by atoms with E-state index in [1.165, 1.54) is 0 Å². The Bertz CT molecular complexity index is 1050. The Hall–Kier alpha value is -3.21. The molecule has 0 aliphatic carbocycles. The topological polar surface area (TPSA) is 64.0 Å². The van der Waals surface area contributed by atoms with Crippen LogP contribution in [0.4, 0.5) is 5.82 Å². The minimum Gasteiger partial charge on any atom is -0.310 e. The summed E-state index contributed by atoms with van der Waals surface area (Å²) in [5.74, 6) is -0.130. The zero-order valence-corrected chi connectivity index (χ0v) is 15.6. The number of nitrogens with one attached hydrogen (secondary N) is 1. The van der Waals surface area contributed by atoms with E-state index < -0.39 is 5.92 Å². The van der Waals surface area contributed by atoms with Crippen LogP contribution in [-0.2, 0) is 4.79 Å². The predicted molar refractivity (Wildman–Crippen MR) is 105 cm³/mol. The number of amides is 1. The number of carbonyl (C=O) groups is 2. The average molecular weight is 359 g/mol. The molecule has 5 heteroatoms. The van der Waals surface area contributed by atoms with Crippen molar-refractivity contribution in [3.8, 4) is 5.69 Å². The van der Waals surface area contributed by atoms with Crippen molar-refractivity contribution >= 4 is 17.5 Å². The molecule has 0 spiro atoms. The van der Waals surface area contributed by atoms with E-state index in [0.29, 0.717) is 11.4 Å². The molecule has 0 radical (unpaired) electrons. The summed E-state index contributed by atoms with van der Waals surface area (Å²) < 4.78 is 1.73. The number of hydrogen-bond acceptors (Lipinski definition) is 3. The molecule has 1 aromatic heterocycles. The summed E-state index contributed by atoms with van der Waals surface area (Å²) in [4.78, 5) is 25.5. The van der Waals surface area contributed by atoms with Crippen molar-refractivity contribution in [3.63, 3.8) is 0 Å². The lowest BCUT2D eigenvalue weighted by Gasteiger charge is -2.23. The predicted octanol–water partition coefficient (Wildman–Crippen LogP) is 4.11. The van der Waals surface area contributed by atoms with Gasteiger partial charge in [-0.1, -0.05) is 42.0 Å². The summed E-state index contributed by atoms with van der Waals surface area (Å²) in [6.07, 6.45) is 0.139. The maximum Gasteiger partial charge on any atom is 0.226 e. The van der Waals surface area contributed by atoms with E-state index in [1.807, 2.05) is 69.3 Å². The van der Waals surface area contributed by atoms with Crippen LogP contribution in [0.15, 0.2) is 48.5 Å². The van der Waals surface area contributed by atoms with E-state index in [-0.39, 0.29) is 18.1 Å². The van der Waals surface area contributed by atoms with E-state index >= 15 is 0 Å². The molecule has 1 N–H and O–H groups in total. The van der Waals surface area contributed by atoms with Crippen LogP contribution in [0.25, 0.3) is 5.69 Å². The van der Waals surface area contributed by atoms with Crippen LogP contribution in [0.3, 0.4) is 0 Å². The maximum atomic E-state index is 13.2. The number of ketones is 1. The van der Waals surface area contributed by atoms with Crippen LogP contribution < -0.4 is 5.32 Å². The monoisotopic (exact) mass is 359 g/mol. The lowest BCUT2D eigenvalue weighted by molar-refractivity contribution is -0.116. The van der Waals surface area contributed by atoms with Gasteiger partial charge in [-0.2, -0.15) is 5.10 Å². The minimum atomic E-state index is -0.519. The highest BCUT2D eigenvalue weighted by atomic mass is 16.2. The number of benzene rings is 2. The minimum absolute atomic E-state index is 0.0435. The van der Waals surface area contributed by atoms with Gasteiger partial charge < -0.3 is 5.32 Å². The van der Waals surface area contributed by atoms with Gasteiger partial charge in [0.1, 0.15) is 5.82 Å². The van der Waals surface area contributed by atoms with Gasteiger partial charge in [0.05, 0.1) is 17.3 Å².